The van der Waals surface area contributed by atoms with E-state index >= 15 is 0 Å². The molecule has 3 N–H and O–H groups in total. The molecule has 1 aliphatic heterocycles. The number of rotatable bonds is 2. The van der Waals surface area contributed by atoms with E-state index in [0.717, 1.165) is 43.0 Å². The van der Waals surface area contributed by atoms with Crippen LogP contribution in [0.5, 0.6) is 0 Å². The molecule has 0 spiro atoms. The molecule has 5 nitrogen and oxygen atoms in total. The van der Waals surface area contributed by atoms with Crippen LogP contribution in [0, 0.1) is 0 Å². The van der Waals surface area contributed by atoms with Gasteiger partial charge in [0.25, 0.3) is 10.1 Å². The normalized spacial score (nSPS) is 12.9. The van der Waals surface area contributed by atoms with Crippen LogP contribution >= 0.6 is 22.7 Å². The minimum atomic E-state index is -4.23. The first-order valence-electron chi connectivity index (χ1n) is 10.5. The standard InChI is InChI=1S/C26H18N2O3S3/c29-34(30,31)24-9-1-16(2-10-24)25-15-23-13-19-4-3-17(27-19)11-21-7-8-22(32-21)12-18-5-6-20(28-18)14-26(25)33-23/h1-15,27-28H,(H,29,30,31). The third kappa shape index (κ3) is 4.24. The van der Waals surface area contributed by atoms with Gasteiger partial charge in [0.1, 0.15) is 0 Å². The maximum atomic E-state index is 11.5. The zero-order valence-electron chi connectivity index (χ0n) is 17.6. The second-order valence-electron chi connectivity index (χ2n) is 7.98. The number of benzene rings is 1. The van der Waals surface area contributed by atoms with E-state index in [4.69, 9.17) is 0 Å². The molecule has 0 fully saturated rings. The molecule has 8 heteroatoms. The lowest BCUT2D eigenvalue weighted by Crippen LogP contribution is -2.00. The lowest BCUT2D eigenvalue weighted by Gasteiger charge is -2.01. The number of aromatic nitrogens is 2. The summed E-state index contributed by atoms with van der Waals surface area (Å²) in [4.78, 5) is 6.80. The van der Waals surface area contributed by atoms with Gasteiger partial charge in [0.05, 0.1) is 4.90 Å². The summed E-state index contributed by atoms with van der Waals surface area (Å²) in [5, 5.41) is 0. The molecule has 0 saturated heterocycles. The molecule has 1 aliphatic rings. The first kappa shape index (κ1) is 21.1. The number of hydrogen-bond donors (Lipinski definition) is 3. The summed E-state index contributed by atoms with van der Waals surface area (Å²) in [6.07, 6.45) is 8.48. The highest BCUT2D eigenvalue weighted by Gasteiger charge is 2.11. The number of nitrogens with one attached hydrogen (secondary N) is 2. The summed E-state index contributed by atoms with van der Waals surface area (Å²) in [6.45, 7) is 0. The zero-order chi connectivity index (χ0) is 23.3. The SMILES string of the molecule is O=S(=O)(O)c1ccc(-c2cc3sc2=Cc2ccc([nH]2)C=c2ccc(s2)=Cc2ccc([nH]2)C=3)cc1. The van der Waals surface area contributed by atoms with E-state index in [1.165, 1.54) is 21.2 Å². The third-order valence-electron chi connectivity index (χ3n) is 5.53. The van der Waals surface area contributed by atoms with Crippen molar-refractivity contribution in [2.75, 3.05) is 0 Å². The quantitative estimate of drug-likeness (QED) is 0.318. The van der Waals surface area contributed by atoms with Crippen LogP contribution < -0.4 is 18.1 Å². The number of fused-ring (bicyclic) bond motifs is 8. The van der Waals surface area contributed by atoms with Crippen LogP contribution in [0.3, 0.4) is 0 Å². The summed E-state index contributed by atoms with van der Waals surface area (Å²) in [7, 11) is -4.23. The predicted molar refractivity (Wildman–Crippen MR) is 138 cm³/mol. The molecule has 0 amide bonds. The molecule has 4 aromatic heterocycles. The van der Waals surface area contributed by atoms with Gasteiger partial charge in [-0.15, -0.1) is 22.7 Å². The van der Waals surface area contributed by atoms with Crippen molar-refractivity contribution in [3.05, 3.63) is 108 Å². The Balaban J connectivity index is 1.58. The van der Waals surface area contributed by atoms with Crippen molar-refractivity contribution in [3.63, 3.8) is 0 Å². The fourth-order valence-corrected chi connectivity index (χ4v) is 6.44. The smallest absolute Gasteiger partial charge is 0.294 e. The van der Waals surface area contributed by atoms with Gasteiger partial charge < -0.3 is 9.97 Å². The first-order chi connectivity index (χ1) is 16.4. The fraction of sp³-hybridized carbons (Fsp3) is 0. The Morgan fingerprint density at radius 1 is 0.618 bits per heavy atom. The summed E-state index contributed by atoms with van der Waals surface area (Å²) < 4.78 is 36.7. The molecule has 34 heavy (non-hydrogen) atoms. The summed E-state index contributed by atoms with van der Waals surface area (Å²) in [6, 6.07) is 20.9. The summed E-state index contributed by atoms with van der Waals surface area (Å²) in [5.74, 6) is 0. The van der Waals surface area contributed by atoms with Gasteiger partial charge in [0.2, 0.25) is 0 Å². The van der Waals surface area contributed by atoms with Crippen LogP contribution in [0.15, 0.2) is 71.6 Å². The van der Waals surface area contributed by atoms with Crippen LogP contribution in [0.1, 0.15) is 22.8 Å². The van der Waals surface area contributed by atoms with Crippen molar-refractivity contribution in [1.29, 1.82) is 0 Å². The molecule has 0 atom stereocenters. The molecule has 6 rings (SSSR count). The van der Waals surface area contributed by atoms with Crippen molar-refractivity contribution < 1.29 is 13.0 Å². The Labute approximate surface area is 203 Å². The van der Waals surface area contributed by atoms with Gasteiger partial charge in [-0.3, -0.25) is 4.55 Å². The maximum absolute atomic E-state index is 11.5. The Hall–Kier alpha value is -3.43. The van der Waals surface area contributed by atoms with E-state index < -0.39 is 10.1 Å². The Kier molecular flexibility index (Phi) is 5.04. The van der Waals surface area contributed by atoms with Crippen LogP contribution in [-0.4, -0.2) is 22.9 Å². The molecular weight excluding hydrogens is 484 g/mol. The van der Waals surface area contributed by atoms with Gasteiger partial charge in [-0.25, -0.2) is 0 Å². The van der Waals surface area contributed by atoms with E-state index in [2.05, 4.69) is 76.7 Å². The van der Waals surface area contributed by atoms with Gasteiger partial charge in [-0.05, 0) is 84.5 Å². The minimum Gasteiger partial charge on any atom is -0.355 e. The monoisotopic (exact) mass is 502 g/mol. The molecule has 0 saturated carbocycles. The van der Waals surface area contributed by atoms with Crippen molar-refractivity contribution >= 4 is 57.1 Å². The highest BCUT2D eigenvalue weighted by atomic mass is 32.2. The van der Waals surface area contributed by atoms with E-state index in [9.17, 15) is 13.0 Å². The van der Waals surface area contributed by atoms with E-state index in [-0.39, 0.29) is 4.90 Å². The van der Waals surface area contributed by atoms with Crippen LogP contribution in [0.4, 0.5) is 0 Å². The van der Waals surface area contributed by atoms with Crippen LogP contribution in [-0.2, 0) is 10.1 Å². The average Bonchev–Trinajstić information content (AvgIpc) is 3.58. The number of H-pyrrole nitrogens is 2. The van der Waals surface area contributed by atoms with E-state index in [1.807, 2.05) is 0 Å². The van der Waals surface area contributed by atoms with Gasteiger partial charge in [-0.2, -0.15) is 8.42 Å². The van der Waals surface area contributed by atoms with Crippen LogP contribution in [0.25, 0.3) is 35.4 Å². The Morgan fingerprint density at radius 2 is 1.15 bits per heavy atom. The molecule has 0 aliphatic carbocycles. The predicted octanol–water partition coefficient (Wildman–Crippen LogP) is 3.01. The molecule has 168 valence electrons. The molecule has 5 heterocycles. The first-order valence-corrected chi connectivity index (χ1v) is 13.5. The highest BCUT2D eigenvalue weighted by Crippen LogP contribution is 2.19. The summed E-state index contributed by atoms with van der Waals surface area (Å²) >= 11 is 3.39. The van der Waals surface area contributed by atoms with Crippen molar-refractivity contribution in [2.24, 2.45) is 0 Å². The molecule has 8 bridgehead atoms. The zero-order valence-corrected chi connectivity index (χ0v) is 20.1. The minimum absolute atomic E-state index is 0.120. The Morgan fingerprint density at radius 3 is 1.71 bits per heavy atom. The topological polar surface area (TPSA) is 85.9 Å². The fourth-order valence-electron chi connectivity index (χ4n) is 3.96. The van der Waals surface area contributed by atoms with E-state index in [1.54, 1.807) is 34.8 Å². The molecular formula is C26H18N2O3S3. The molecule has 5 aromatic rings. The number of hydrogen-bond acceptors (Lipinski definition) is 4. The summed E-state index contributed by atoms with van der Waals surface area (Å²) in [5.41, 5.74) is 5.91. The number of aromatic amines is 2. The molecule has 1 aromatic carbocycles. The Bertz CT molecular complexity index is 1880. The van der Waals surface area contributed by atoms with Gasteiger partial charge in [-0.1, -0.05) is 12.1 Å². The maximum Gasteiger partial charge on any atom is 0.294 e. The van der Waals surface area contributed by atoms with Crippen molar-refractivity contribution in [2.45, 2.75) is 4.90 Å². The van der Waals surface area contributed by atoms with Gasteiger partial charge in [0.15, 0.2) is 0 Å². The largest absolute Gasteiger partial charge is 0.355 e. The van der Waals surface area contributed by atoms with Crippen molar-refractivity contribution in [3.8, 4) is 11.1 Å². The highest BCUT2D eigenvalue weighted by molar-refractivity contribution is 7.85. The molecule has 0 radical (unpaired) electrons. The average molecular weight is 503 g/mol. The van der Waals surface area contributed by atoms with Crippen molar-refractivity contribution in [1.82, 2.24) is 9.97 Å². The van der Waals surface area contributed by atoms with Gasteiger partial charge in [0, 0.05) is 46.5 Å². The van der Waals surface area contributed by atoms with Gasteiger partial charge >= 0.3 is 0 Å². The van der Waals surface area contributed by atoms with Crippen LogP contribution in [0.2, 0.25) is 0 Å². The number of thiophene rings is 2. The lowest BCUT2D eigenvalue weighted by molar-refractivity contribution is 0.483. The van der Waals surface area contributed by atoms with E-state index in [0.29, 0.717) is 0 Å². The molecule has 0 unspecified atom stereocenters. The lowest BCUT2D eigenvalue weighted by atomic mass is 10.1. The third-order valence-corrected chi connectivity index (χ3v) is 8.41. The second-order valence-corrected chi connectivity index (χ2v) is 11.7. The second kappa shape index (κ2) is 8.11.